The van der Waals surface area contributed by atoms with Gasteiger partial charge in [-0.1, -0.05) is 12.1 Å². The standard InChI is InChI=1S/C11H14N2O2/c1-7(14)11(2)12-9-6-4-3-5-8(9)10(15)13-11/h3-7,12,14H,1-2H3,(H,13,15)/t7-,11+/m0/s1. The van der Waals surface area contributed by atoms with E-state index in [4.69, 9.17) is 0 Å². The average molecular weight is 206 g/mol. The number of rotatable bonds is 1. The van der Waals surface area contributed by atoms with E-state index in [9.17, 15) is 9.90 Å². The van der Waals surface area contributed by atoms with Crippen LogP contribution >= 0.6 is 0 Å². The van der Waals surface area contributed by atoms with Gasteiger partial charge in [0.15, 0.2) is 0 Å². The number of para-hydroxylation sites is 1. The van der Waals surface area contributed by atoms with Crippen LogP contribution in [0.5, 0.6) is 0 Å². The molecule has 0 aliphatic carbocycles. The Labute approximate surface area is 88.3 Å². The van der Waals surface area contributed by atoms with Gasteiger partial charge in [0.25, 0.3) is 5.91 Å². The van der Waals surface area contributed by atoms with Crippen LogP contribution in [0.3, 0.4) is 0 Å². The van der Waals surface area contributed by atoms with Gasteiger partial charge in [-0.25, -0.2) is 0 Å². The van der Waals surface area contributed by atoms with Crippen molar-refractivity contribution >= 4 is 11.6 Å². The number of aliphatic hydroxyl groups is 1. The first kappa shape index (κ1) is 9.98. The molecular weight excluding hydrogens is 192 g/mol. The maximum atomic E-state index is 11.7. The van der Waals surface area contributed by atoms with E-state index in [-0.39, 0.29) is 5.91 Å². The summed E-state index contributed by atoms with van der Waals surface area (Å²) >= 11 is 0. The molecule has 3 N–H and O–H groups in total. The zero-order valence-corrected chi connectivity index (χ0v) is 8.74. The summed E-state index contributed by atoms with van der Waals surface area (Å²) in [5.41, 5.74) is 0.561. The summed E-state index contributed by atoms with van der Waals surface area (Å²) in [7, 11) is 0. The molecule has 1 aliphatic rings. The van der Waals surface area contributed by atoms with Gasteiger partial charge in [-0.15, -0.1) is 0 Å². The van der Waals surface area contributed by atoms with Crippen LogP contribution in [0.2, 0.25) is 0 Å². The Hall–Kier alpha value is -1.55. The molecule has 0 spiro atoms. The highest BCUT2D eigenvalue weighted by Crippen LogP contribution is 2.25. The first-order chi connectivity index (χ1) is 7.03. The van der Waals surface area contributed by atoms with Crippen LogP contribution in [-0.2, 0) is 0 Å². The Morgan fingerprint density at radius 1 is 1.33 bits per heavy atom. The number of amides is 1. The number of fused-ring (bicyclic) bond motifs is 1. The third-order valence-electron chi connectivity index (χ3n) is 2.77. The summed E-state index contributed by atoms with van der Waals surface area (Å²) < 4.78 is 0. The molecule has 4 heteroatoms. The maximum absolute atomic E-state index is 11.7. The predicted molar refractivity (Wildman–Crippen MR) is 57.6 cm³/mol. The highest BCUT2D eigenvalue weighted by molar-refractivity contribution is 6.02. The number of carbonyl (C=O) groups excluding carboxylic acids is 1. The average Bonchev–Trinajstić information content (AvgIpc) is 2.17. The van der Waals surface area contributed by atoms with E-state index in [0.717, 1.165) is 5.69 Å². The van der Waals surface area contributed by atoms with Crippen molar-refractivity contribution < 1.29 is 9.90 Å². The van der Waals surface area contributed by atoms with Gasteiger partial charge >= 0.3 is 0 Å². The third-order valence-corrected chi connectivity index (χ3v) is 2.77. The lowest BCUT2D eigenvalue weighted by molar-refractivity contribution is 0.0711. The molecule has 0 aromatic heterocycles. The van der Waals surface area contributed by atoms with Crippen molar-refractivity contribution in [1.82, 2.24) is 5.32 Å². The van der Waals surface area contributed by atoms with Crippen LogP contribution in [0.1, 0.15) is 24.2 Å². The normalized spacial score (nSPS) is 26.2. The second kappa shape index (κ2) is 3.24. The van der Waals surface area contributed by atoms with E-state index >= 15 is 0 Å². The van der Waals surface area contributed by atoms with Crippen LogP contribution in [0.4, 0.5) is 5.69 Å². The minimum atomic E-state index is -0.800. The topological polar surface area (TPSA) is 61.4 Å². The lowest BCUT2D eigenvalue weighted by atomic mass is 10.00. The van der Waals surface area contributed by atoms with E-state index in [2.05, 4.69) is 10.6 Å². The fourth-order valence-corrected chi connectivity index (χ4v) is 1.61. The second-order valence-corrected chi connectivity index (χ2v) is 4.00. The van der Waals surface area contributed by atoms with Gasteiger partial charge in [0.05, 0.1) is 11.7 Å². The Kier molecular flexibility index (Phi) is 2.16. The molecule has 0 unspecified atom stereocenters. The molecule has 2 atom stereocenters. The monoisotopic (exact) mass is 206 g/mol. The van der Waals surface area contributed by atoms with Gasteiger partial charge in [-0.05, 0) is 26.0 Å². The zero-order chi connectivity index (χ0) is 11.1. The Morgan fingerprint density at radius 2 is 2.00 bits per heavy atom. The van der Waals surface area contributed by atoms with Gasteiger partial charge in [0, 0.05) is 5.69 Å². The minimum Gasteiger partial charge on any atom is -0.389 e. The molecule has 1 amide bonds. The minimum absolute atomic E-state index is 0.159. The van der Waals surface area contributed by atoms with Crippen molar-refractivity contribution in [3.05, 3.63) is 29.8 Å². The molecule has 80 valence electrons. The summed E-state index contributed by atoms with van der Waals surface area (Å²) in [5.74, 6) is -0.159. The third kappa shape index (κ3) is 1.57. The number of carbonyl (C=O) groups is 1. The van der Waals surface area contributed by atoms with Crippen LogP contribution in [0, 0.1) is 0 Å². The van der Waals surface area contributed by atoms with Crippen molar-refractivity contribution in [1.29, 1.82) is 0 Å². The maximum Gasteiger partial charge on any atom is 0.255 e. The number of hydrogen-bond donors (Lipinski definition) is 3. The van der Waals surface area contributed by atoms with Crippen LogP contribution in [0.15, 0.2) is 24.3 Å². The smallest absolute Gasteiger partial charge is 0.255 e. The predicted octanol–water partition coefficient (Wildman–Crippen LogP) is 0.939. The SMILES string of the molecule is C[C@H](O)[C@@]1(C)NC(=O)c2ccccc2N1. The Balaban J connectivity index is 2.42. The first-order valence-corrected chi connectivity index (χ1v) is 4.91. The zero-order valence-electron chi connectivity index (χ0n) is 8.74. The van der Waals surface area contributed by atoms with E-state index < -0.39 is 11.8 Å². The van der Waals surface area contributed by atoms with E-state index in [1.807, 2.05) is 18.2 Å². The molecule has 4 nitrogen and oxygen atoms in total. The van der Waals surface area contributed by atoms with Crippen molar-refractivity contribution in [2.45, 2.75) is 25.6 Å². The van der Waals surface area contributed by atoms with Crippen molar-refractivity contribution in [3.63, 3.8) is 0 Å². The van der Waals surface area contributed by atoms with Crippen molar-refractivity contribution in [2.24, 2.45) is 0 Å². The summed E-state index contributed by atoms with van der Waals surface area (Å²) in [6.07, 6.45) is -0.671. The molecule has 1 aliphatic heterocycles. The fraction of sp³-hybridized carbons (Fsp3) is 0.364. The van der Waals surface area contributed by atoms with Crippen LogP contribution < -0.4 is 10.6 Å². The number of aliphatic hydroxyl groups excluding tert-OH is 1. The molecule has 0 fully saturated rings. The lowest BCUT2D eigenvalue weighted by Gasteiger charge is -2.39. The van der Waals surface area contributed by atoms with Crippen molar-refractivity contribution in [3.8, 4) is 0 Å². The molecule has 15 heavy (non-hydrogen) atoms. The van der Waals surface area contributed by atoms with Gasteiger partial charge in [0.1, 0.15) is 5.66 Å². The van der Waals surface area contributed by atoms with Gasteiger partial charge in [-0.2, -0.15) is 0 Å². The molecule has 0 saturated heterocycles. The fourth-order valence-electron chi connectivity index (χ4n) is 1.61. The number of anilines is 1. The quantitative estimate of drug-likeness (QED) is 0.640. The summed E-state index contributed by atoms with van der Waals surface area (Å²) in [6.45, 7) is 3.40. The van der Waals surface area contributed by atoms with Gasteiger partial charge < -0.3 is 15.7 Å². The highest BCUT2D eigenvalue weighted by Gasteiger charge is 2.36. The van der Waals surface area contributed by atoms with E-state index in [1.54, 1.807) is 19.9 Å². The van der Waals surface area contributed by atoms with E-state index in [0.29, 0.717) is 5.56 Å². The molecule has 1 heterocycles. The van der Waals surface area contributed by atoms with Gasteiger partial charge in [-0.3, -0.25) is 4.79 Å². The summed E-state index contributed by atoms with van der Waals surface area (Å²) in [4.78, 5) is 11.7. The van der Waals surface area contributed by atoms with E-state index in [1.165, 1.54) is 0 Å². The van der Waals surface area contributed by atoms with Crippen LogP contribution in [-0.4, -0.2) is 22.8 Å². The molecular formula is C11H14N2O2. The van der Waals surface area contributed by atoms with Crippen LogP contribution in [0.25, 0.3) is 0 Å². The molecule has 2 rings (SSSR count). The first-order valence-electron chi connectivity index (χ1n) is 4.91. The second-order valence-electron chi connectivity index (χ2n) is 4.00. The summed E-state index contributed by atoms with van der Waals surface area (Å²) in [6, 6.07) is 7.24. The largest absolute Gasteiger partial charge is 0.389 e. The highest BCUT2D eigenvalue weighted by atomic mass is 16.3. The number of nitrogens with one attached hydrogen (secondary N) is 2. The molecule has 0 saturated carbocycles. The molecule has 1 aromatic carbocycles. The Bertz CT molecular complexity index is 403. The Morgan fingerprint density at radius 3 is 2.67 bits per heavy atom. The molecule has 0 bridgehead atoms. The number of benzene rings is 1. The molecule has 0 radical (unpaired) electrons. The summed E-state index contributed by atoms with van der Waals surface area (Å²) in [5, 5.41) is 15.5. The van der Waals surface area contributed by atoms with Gasteiger partial charge in [0.2, 0.25) is 0 Å². The molecule has 1 aromatic rings. The number of hydrogen-bond acceptors (Lipinski definition) is 3. The van der Waals surface area contributed by atoms with Crippen molar-refractivity contribution in [2.75, 3.05) is 5.32 Å². The lowest BCUT2D eigenvalue weighted by Crippen LogP contribution is -2.61.